The number of carbonyl (C=O) groups excluding carboxylic acids is 1. The molecule has 0 radical (unpaired) electrons. The topological polar surface area (TPSA) is 55.6 Å². The first kappa shape index (κ1) is 12.4. The smallest absolute Gasteiger partial charge is 0.246 e. The molecule has 17 heavy (non-hydrogen) atoms. The molecule has 0 unspecified atom stereocenters. The lowest BCUT2D eigenvalue weighted by Gasteiger charge is -2.20. The molecule has 0 bridgehead atoms. The fourth-order valence-electron chi connectivity index (χ4n) is 2.05. The van der Waals surface area contributed by atoms with Gasteiger partial charge in [-0.15, -0.1) is 0 Å². The number of carbonyl (C=O) groups is 1. The van der Waals surface area contributed by atoms with E-state index in [4.69, 9.17) is 10.6 Å². The molecule has 0 spiro atoms. The summed E-state index contributed by atoms with van der Waals surface area (Å²) in [5.74, 6) is 6.27. The van der Waals surface area contributed by atoms with Gasteiger partial charge >= 0.3 is 0 Å². The second kappa shape index (κ2) is 4.31. The number of amides is 1. The van der Waals surface area contributed by atoms with Gasteiger partial charge in [0, 0.05) is 7.05 Å². The fraction of sp³-hybridized carbons (Fsp3) is 0.417. The van der Waals surface area contributed by atoms with Crippen LogP contribution in [0.4, 0.5) is 0 Å². The first-order valence-corrected chi connectivity index (χ1v) is 6.17. The molecule has 0 aliphatic heterocycles. The fourth-order valence-corrected chi connectivity index (χ4v) is 2.59. The van der Waals surface area contributed by atoms with E-state index in [9.17, 15) is 4.79 Å². The molecule has 5 heteroatoms. The molecule has 0 saturated heterocycles. The molecule has 92 valence electrons. The minimum atomic E-state index is -0.418. The number of rotatable bonds is 3. The second-order valence-electron chi connectivity index (χ2n) is 4.35. The van der Waals surface area contributed by atoms with E-state index in [-0.39, 0.29) is 5.91 Å². The Bertz CT molecular complexity index is 456. The maximum absolute atomic E-state index is 12.0. The third-order valence-electron chi connectivity index (χ3n) is 3.18. The van der Waals surface area contributed by atoms with Crippen molar-refractivity contribution in [2.45, 2.75) is 18.3 Å². The number of ether oxygens (including phenoxy) is 1. The van der Waals surface area contributed by atoms with Gasteiger partial charge < -0.3 is 4.74 Å². The zero-order valence-corrected chi connectivity index (χ0v) is 11.5. The van der Waals surface area contributed by atoms with Gasteiger partial charge in [-0.1, -0.05) is 6.07 Å². The van der Waals surface area contributed by atoms with Crippen molar-refractivity contribution in [3.05, 3.63) is 28.2 Å². The number of likely N-dealkylation sites (N-methyl/N-ethyl adjacent to an activating group) is 1. The Hall–Kier alpha value is -1.07. The zero-order chi connectivity index (χ0) is 12.6. The minimum absolute atomic E-state index is 0.0328. The molecule has 4 nitrogen and oxygen atoms in total. The van der Waals surface area contributed by atoms with Crippen LogP contribution >= 0.6 is 15.9 Å². The number of methoxy groups -OCH3 is 1. The average Bonchev–Trinajstić information content (AvgIpc) is 3.09. The SMILES string of the molecule is COc1ccc(C2(C(=O)N(C)N)CC2)cc1Br. The average molecular weight is 299 g/mol. The van der Waals surface area contributed by atoms with Gasteiger partial charge in [0.05, 0.1) is 17.0 Å². The summed E-state index contributed by atoms with van der Waals surface area (Å²) in [6, 6.07) is 5.73. The molecule has 0 aromatic heterocycles. The summed E-state index contributed by atoms with van der Waals surface area (Å²) in [6.45, 7) is 0. The summed E-state index contributed by atoms with van der Waals surface area (Å²) >= 11 is 3.43. The number of nitrogens with two attached hydrogens (primary N) is 1. The van der Waals surface area contributed by atoms with E-state index in [0.29, 0.717) is 0 Å². The molecule has 1 fully saturated rings. The molecule has 2 rings (SSSR count). The van der Waals surface area contributed by atoms with E-state index in [0.717, 1.165) is 28.6 Å². The maximum Gasteiger partial charge on any atom is 0.246 e. The number of hydrogen-bond acceptors (Lipinski definition) is 3. The van der Waals surface area contributed by atoms with E-state index >= 15 is 0 Å². The first-order valence-electron chi connectivity index (χ1n) is 5.38. The molecule has 0 heterocycles. The highest BCUT2D eigenvalue weighted by atomic mass is 79.9. The van der Waals surface area contributed by atoms with Crippen molar-refractivity contribution in [3.8, 4) is 5.75 Å². The molecule has 1 aliphatic carbocycles. The minimum Gasteiger partial charge on any atom is -0.496 e. The van der Waals surface area contributed by atoms with Crippen LogP contribution in [-0.2, 0) is 10.2 Å². The molecule has 1 aromatic rings. The Morgan fingerprint density at radius 1 is 1.53 bits per heavy atom. The normalized spacial score (nSPS) is 16.5. The van der Waals surface area contributed by atoms with Gasteiger partial charge in [-0.25, -0.2) is 5.84 Å². The summed E-state index contributed by atoms with van der Waals surface area (Å²) in [4.78, 5) is 12.0. The molecule has 1 saturated carbocycles. The van der Waals surface area contributed by atoms with Crippen LogP contribution in [0.1, 0.15) is 18.4 Å². The molecular weight excluding hydrogens is 284 g/mol. The van der Waals surface area contributed by atoms with Crippen molar-refractivity contribution < 1.29 is 9.53 Å². The van der Waals surface area contributed by atoms with Crippen LogP contribution in [0.15, 0.2) is 22.7 Å². The largest absolute Gasteiger partial charge is 0.496 e. The number of halogens is 1. The van der Waals surface area contributed by atoms with Gasteiger partial charge in [0.25, 0.3) is 0 Å². The summed E-state index contributed by atoms with van der Waals surface area (Å²) < 4.78 is 6.03. The summed E-state index contributed by atoms with van der Waals surface area (Å²) in [7, 11) is 3.20. The van der Waals surface area contributed by atoms with Crippen molar-refractivity contribution in [3.63, 3.8) is 0 Å². The second-order valence-corrected chi connectivity index (χ2v) is 5.20. The predicted octanol–water partition coefficient (Wildman–Crippen LogP) is 1.82. The quantitative estimate of drug-likeness (QED) is 0.526. The molecule has 1 aliphatic rings. The zero-order valence-electron chi connectivity index (χ0n) is 9.87. The van der Waals surface area contributed by atoms with Crippen LogP contribution in [0.5, 0.6) is 5.75 Å². The van der Waals surface area contributed by atoms with Crippen molar-refractivity contribution in [2.75, 3.05) is 14.2 Å². The lowest BCUT2D eigenvalue weighted by Crippen LogP contribution is -2.41. The van der Waals surface area contributed by atoms with Gasteiger partial charge in [0.15, 0.2) is 0 Å². The Labute approximate surface area is 109 Å². The monoisotopic (exact) mass is 298 g/mol. The van der Waals surface area contributed by atoms with Crippen molar-refractivity contribution in [1.82, 2.24) is 5.01 Å². The van der Waals surface area contributed by atoms with E-state index in [1.165, 1.54) is 5.01 Å². The van der Waals surface area contributed by atoms with Gasteiger partial charge in [0.1, 0.15) is 5.75 Å². The highest BCUT2D eigenvalue weighted by molar-refractivity contribution is 9.10. The Morgan fingerprint density at radius 3 is 2.59 bits per heavy atom. The summed E-state index contributed by atoms with van der Waals surface area (Å²) in [6.07, 6.45) is 1.71. The van der Waals surface area contributed by atoms with E-state index in [2.05, 4.69) is 15.9 Å². The molecule has 1 amide bonds. The highest BCUT2D eigenvalue weighted by Crippen LogP contribution is 2.50. The highest BCUT2D eigenvalue weighted by Gasteiger charge is 2.52. The predicted molar refractivity (Wildman–Crippen MR) is 68.6 cm³/mol. The Kier molecular flexibility index (Phi) is 3.14. The summed E-state index contributed by atoms with van der Waals surface area (Å²) in [5.41, 5.74) is 0.575. The lowest BCUT2D eigenvalue weighted by molar-refractivity contribution is -0.132. The number of hydrogen-bond donors (Lipinski definition) is 1. The van der Waals surface area contributed by atoms with Crippen LogP contribution in [0.3, 0.4) is 0 Å². The third kappa shape index (κ3) is 2.05. The number of hydrazine groups is 1. The van der Waals surface area contributed by atoms with Crippen LogP contribution in [-0.4, -0.2) is 25.1 Å². The molecule has 2 N–H and O–H groups in total. The molecule has 1 aromatic carbocycles. The van der Waals surface area contributed by atoms with Crippen LogP contribution in [0.25, 0.3) is 0 Å². The van der Waals surface area contributed by atoms with E-state index < -0.39 is 5.41 Å². The lowest BCUT2D eigenvalue weighted by atomic mass is 9.95. The maximum atomic E-state index is 12.0. The standard InChI is InChI=1S/C12H15BrN2O2/c1-15(14)11(16)12(5-6-12)8-3-4-10(17-2)9(13)7-8/h3-4,7H,5-6,14H2,1-2H3. The van der Waals surface area contributed by atoms with Crippen LogP contribution in [0, 0.1) is 0 Å². The molecular formula is C12H15BrN2O2. The van der Waals surface area contributed by atoms with Crippen molar-refractivity contribution in [1.29, 1.82) is 0 Å². The van der Waals surface area contributed by atoms with E-state index in [1.807, 2.05) is 18.2 Å². The summed E-state index contributed by atoms with van der Waals surface area (Å²) in [5, 5.41) is 1.17. The van der Waals surface area contributed by atoms with Crippen molar-refractivity contribution >= 4 is 21.8 Å². The van der Waals surface area contributed by atoms with Crippen molar-refractivity contribution in [2.24, 2.45) is 5.84 Å². The first-order chi connectivity index (χ1) is 8.01. The van der Waals surface area contributed by atoms with E-state index in [1.54, 1.807) is 14.2 Å². The molecule has 0 atom stereocenters. The van der Waals surface area contributed by atoms with Crippen LogP contribution < -0.4 is 10.6 Å². The van der Waals surface area contributed by atoms with Gasteiger partial charge in [-0.2, -0.15) is 0 Å². The van der Waals surface area contributed by atoms with Gasteiger partial charge in [-0.3, -0.25) is 9.80 Å². The number of nitrogens with zero attached hydrogens (tertiary/aromatic N) is 1. The van der Waals surface area contributed by atoms with Crippen LogP contribution in [0.2, 0.25) is 0 Å². The Balaban J connectivity index is 2.35. The number of benzene rings is 1. The Morgan fingerprint density at radius 2 is 2.18 bits per heavy atom. The third-order valence-corrected chi connectivity index (χ3v) is 3.80. The van der Waals surface area contributed by atoms with Gasteiger partial charge in [0.2, 0.25) is 5.91 Å². The van der Waals surface area contributed by atoms with Gasteiger partial charge in [-0.05, 0) is 46.5 Å².